The van der Waals surface area contributed by atoms with E-state index < -0.39 is 0 Å². The van der Waals surface area contributed by atoms with Gasteiger partial charge in [-0.15, -0.1) is 13.2 Å². The standard InChI is InChI=1S/C9H8O.C2H4/c1-7-6-8-4-2-3-5-9(8)10-7;1-2/h2-6H,1H3;1-2H2. The normalized spacial score (nSPS) is 9.08. The average Bonchev–Trinajstić information content (AvgIpc) is 2.48. The number of fused-ring (bicyclic) bond motifs is 1. The fraction of sp³-hybridized carbons (Fsp3) is 0.0909. The highest BCUT2D eigenvalue weighted by atomic mass is 16.3. The third-order valence-electron chi connectivity index (χ3n) is 1.55. The van der Waals surface area contributed by atoms with Crippen molar-refractivity contribution in [2.75, 3.05) is 0 Å². The fourth-order valence-corrected chi connectivity index (χ4v) is 1.11. The summed E-state index contributed by atoms with van der Waals surface area (Å²) in [6.45, 7) is 7.96. The molecule has 1 aromatic carbocycles. The van der Waals surface area contributed by atoms with E-state index in [-0.39, 0.29) is 0 Å². The Morgan fingerprint density at radius 3 is 2.50 bits per heavy atom. The molecule has 0 bridgehead atoms. The average molecular weight is 160 g/mol. The predicted molar refractivity (Wildman–Crippen MR) is 52.2 cm³/mol. The van der Waals surface area contributed by atoms with Crippen LogP contribution < -0.4 is 0 Å². The van der Waals surface area contributed by atoms with Crippen molar-refractivity contribution in [3.05, 3.63) is 49.2 Å². The van der Waals surface area contributed by atoms with E-state index in [1.807, 2.05) is 37.3 Å². The molecule has 0 fully saturated rings. The summed E-state index contributed by atoms with van der Waals surface area (Å²) in [4.78, 5) is 0. The van der Waals surface area contributed by atoms with Crippen molar-refractivity contribution in [3.8, 4) is 0 Å². The molecule has 1 heterocycles. The van der Waals surface area contributed by atoms with Crippen molar-refractivity contribution in [2.24, 2.45) is 0 Å². The van der Waals surface area contributed by atoms with E-state index in [4.69, 9.17) is 4.42 Å². The summed E-state index contributed by atoms with van der Waals surface area (Å²) in [6.07, 6.45) is 0. The highest BCUT2D eigenvalue weighted by Gasteiger charge is 1.95. The van der Waals surface area contributed by atoms with Crippen LogP contribution in [0.2, 0.25) is 0 Å². The van der Waals surface area contributed by atoms with Crippen LogP contribution in [0.25, 0.3) is 11.0 Å². The number of aryl methyl sites for hydroxylation is 1. The molecule has 1 nitrogen and oxygen atoms in total. The largest absolute Gasteiger partial charge is 0.461 e. The molecule has 1 aromatic heterocycles. The second-order valence-electron chi connectivity index (χ2n) is 2.39. The molecule has 2 aromatic rings. The zero-order valence-electron chi connectivity index (χ0n) is 7.21. The first-order chi connectivity index (χ1) is 5.86. The van der Waals surface area contributed by atoms with Crippen LogP contribution in [0.4, 0.5) is 0 Å². The van der Waals surface area contributed by atoms with Gasteiger partial charge < -0.3 is 4.42 Å². The third-order valence-corrected chi connectivity index (χ3v) is 1.55. The first-order valence-electron chi connectivity index (χ1n) is 3.81. The highest BCUT2D eigenvalue weighted by molar-refractivity contribution is 5.77. The lowest BCUT2D eigenvalue weighted by atomic mass is 10.2. The Morgan fingerprint density at radius 1 is 1.17 bits per heavy atom. The molecule has 1 heteroatoms. The van der Waals surface area contributed by atoms with Crippen LogP contribution in [0.15, 0.2) is 47.9 Å². The lowest BCUT2D eigenvalue weighted by Gasteiger charge is -1.82. The number of para-hydroxylation sites is 1. The molecule has 0 saturated heterocycles. The van der Waals surface area contributed by atoms with Gasteiger partial charge in [0.1, 0.15) is 11.3 Å². The summed E-state index contributed by atoms with van der Waals surface area (Å²) in [5.41, 5.74) is 0.972. The Kier molecular flexibility index (Phi) is 2.70. The zero-order valence-corrected chi connectivity index (χ0v) is 7.21. The van der Waals surface area contributed by atoms with Gasteiger partial charge in [0.25, 0.3) is 0 Å². The number of benzene rings is 1. The smallest absolute Gasteiger partial charge is 0.134 e. The van der Waals surface area contributed by atoms with Crippen LogP contribution in [0, 0.1) is 6.92 Å². The van der Waals surface area contributed by atoms with Crippen molar-refractivity contribution in [1.29, 1.82) is 0 Å². The molecule has 0 aliphatic heterocycles. The highest BCUT2D eigenvalue weighted by Crippen LogP contribution is 2.17. The summed E-state index contributed by atoms with van der Waals surface area (Å²) in [5, 5.41) is 1.18. The lowest BCUT2D eigenvalue weighted by Crippen LogP contribution is -1.57. The third kappa shape index (κ3) is 1.56. The minimum Gasteiger partial charge on any atom is -0.461 e. The van der Waals surface area contributed by atoms with Crippen molar-refractivity contribution >= 4 is 11.0 Å². The van der Waals surface area contributed by atoms with Crippen LogP contribution in [-0.4, -0.2) is 0 Å². The summed E-state index contributed by atoms with van der Waals surface area (Å²) in [5.74, 6) is 0.973. The Morgan fingerprint density at radius 2 is 1.83 bits per heavy atom. The maximum absolute atomic E-state index is 5.37. The van der Waals surface area contributed by atoms with E-state index in [9.17, 15) is 0 Å². The van der Waals surface area contributed by atoms with Crippen molar-refractivity contribution in [3.63, 3.8) is 0 Å². The maximum atomic E-state index is 5.37. The molecule has 0 atom stereocenters. The quantitative estimate of drug-likeness (QED) is 0.537. The van der Waals surface area contributed by atoms with Gasteiger partial charge >= 0.3 is 0 Å². The first kappa shape index (κ1) is 8.60. The van der Waals surface area contributed by atoms with Crippen LogP contribution in [-0.2, 0) is 0 Å². The molecule has 0 amide bonds. The molecule has 0 radical (unpaired) electrons. The topological polar surface area (TPSA) is 13.1 Å². The lowest BCUT2D eigenvalue weighted by molar-refractivity contribution is 0.578. The first-order valence-corrected chi connectivity index (χ1v) is 3.81. The molecule has 0 N–H and O–H groups in total. The summed E-state index contributed by atoms with van der Waals surface area (Å²) in [6, 6.07) is 10.0. The Hall–Kier alpha value is -1.50. The monoisotopic (exact) mass is 160 g/mol. The van der Waals surface area contributed by atoms with Gasteiger partial charge in [-0.1, -0.05) is 18.2 Å². The van der Waals surface area contributed by atoms with Gasteiger partial charge in [0.15, 0.2) is 0 Å². The van der Waals surface area contributed by atoms with Gasteiger partial charge in [-0.25, -0.2) is 0 Å². The summed E-state index contributed by atoms with van der Waals surface area (Å²) in [7, 11) is 0. The molecule has 2 rings (SSSR count). The van der Waals surface area contributed by atoms with E-state index >= 15 is 0 Å². The summed E-state index contributed by atoms with van der Waals surface area (Å²) < 4.78 is 5.37. The Labute approximate surface area is 72.3 Å². The predicted octanol–water partition coefficient (Wildman–Crippen LogP) is 3.54. The molecule has 62 valence electrons. The SMILES string of the molecule is C=C.Cc1cc2ccccc2o1. The molecule has 0 saturated carbocycles. The fourth-order valence-electron chi connectivity index (χ4n) is 1.11. The molecule has 0 unspecified atom stereocenters. The minimum absolute atomic E-state index is 0.972. The molecule has 0 spiro atoms. The molecule has 0 aliphatic carbocycles. The van der Waals surface area contributed by atoms with Crippen LogP contribution in [0.3, 0.4) is 0 Å². The number of hydrogen-bond donors (Lipinski definition) is 0. The molecule has 12 heavy (non-hydrogen) atoms. The van der Waals surface area contributed by atoms with Crippen molar-refractivity contribution in [2.45, 2.75) is 6.92 Å². The van der Waals surface area contributed by atoms with Gasteiger partial charge in [0.2, 0.25) is 0 Å². The van der Waals surface area contributed by atoms with Gasteiger partial charge in [0, 0.05) is 5.39 Å². The zero-order chi connectivity index (χ0) is 8.97. The van der Waals surface area contributed by atoms with Gasteiger partial charge in [-0.2, -0.15) is 0 Å². The summed E-state index contributed by atoms with van der Waals surface area (Å²) >= 11 is 0. The van der Waals surface area contributed by atoms with E-state index in [1.165, 1.54) is 5.39 Å². The van der Waals surface area contributed by atoms with Gasteiger partial charge in [0.05, 0.1) is 0 Å². The van der Waals surface area contributed by atoms with E-state index in [0.29, 0.717) is 0 Å². The van der Waals surface area contributed by atoms with Crippen molar-refractivity contribution in [1.82, 2.24) is 0 Å². The van der Waals surface area contributed by atoms with E-state index in [1.54, 1.807) is 0 Å². The minimum atomic E-state index is 0.972. The van der Waals surface area contributed by atoms with Gasteiger partial charge in [-0.05, 0) is 19.1 Å². The Balaban J connectivity index is 0.000000336. The molecular formula is C11H12O. The second kappa shape index (κ2) is 3.77. The second-order valence-corrected chi connectivity index (χ2v) is 2.39. The molecular weight excluding hydrogens is 148 g/mol. The van der Waals surface area contributed by atoms with Crippen LogP contribution in [0.1, 0.15) is 5.76 Å². The van der Waals surface area contributed by atoms with Crippen molar-refractivity contribution < 1.29 is 4.42 Å². The Bertz CT molecular complexity index is 327. The maximum Gasteiger partial charge on any atom is 0.134 e. The van der Waals surface area contributed by atoms with Crippen LogP contribution >= 0.6 is 0 Å². The van der Waals surface area contributed by atoms with Crippen LogP contribution in [0.5, 0.6) is 0 Å². The number of hydrogen-bond acceptors (Lipinski definition) is 1. The number of furan rings is 1. The van der Waals surface area contributed by atoms with E-state index in [2.05, 4.69) is 13.2 Å². The van der Waals surface area contributed by atoms with E-state index in [0.717, 1.165) is 11.3 Å². The molecule has 0 aliphatic rings. The number of rotatable bonds is 0. The van der Waals surface area contributed by atoms with Gasteiger partial charge in [-0.3, -0.25) is 0 Å².